The predicted molar refractivity (Wildman–Crippen MR) is 97.6 cm³/mol. The lowest BCUT2D eigenvalue weighted by molar-refractivity contribution is -0.138. The molecule has 28 heavy (non-hydrogen) atoms. The third-order valence-electron chi connectivity index (χ3n) is 4.19. The van der Waals surface area contributed by atoms with Gasteiger partial charge in [-0.1, -0.05) is 12.1 Å². The molecule has 0 saturated heterocycles. The molecule has 3 rings (SSSR count). The lowest BCUT2D eigenvalue weighted by atomic mass is 10.1. The molecule has 0 saturated carbocycles. The Hall–Kier alpha value is -3.10. The van der Waals surface area contributed by atoms with Crippen LogP contribution < -0.4 is 24.8 Å². The van der Waals surface area contributed by atoms with Crippen LogP contribution in [0.15, 0.2) is 41.4 Å². The lowest BCUT2D eigenvalue weighted by Crippen LogP contribution is -2.36. The largest absolute Gasteiger partial charge is 0.497 e. The molecule has 1 heterocycles. The summed E-state index contributed by atoms with van der Waals surface area (Å²) in [4.78, 5) is 4.05. The van der Waals surface area contributed by atoms with E-state index in [4.69, 9.17) is 14.2 Å². The second-order valence-corrected chi connectivity index (χ2v) is 5.99. The maximum Gasteiger partial charge on any atom is 0.416 e. The monoisotopic (exact) mass is 395 g/mol. The summed E-state index contributed by atoms with van der Waals surface area (Å²) < 4.78 is 55.4. The van der Waals surface area contributed by atoms with E-state index >= 15 is 0 Å². The van der Waals surface area contributed by atoms with Crippen molar-refractivity contribution in [2.45, 2.75) is 19.3 Å². The first-order valence-corrected chi connectivity index (χ1v) is 8.48. The number of hydrogen-bond acceptors (Lipinski definition) is 4. The number of ether oxygens (including phenoxy) is 3. The maximum atomic E-state index is 13.3. The molecule has 0 unspecified atom stereocenters. The molecular formula is C19H20F3N3O3. The number of fused-ring (bicyclic) bond motifs is 1. The predicted octanol–water partition coefficient (Wildman–Crippen LogP) is 3.31. The molecular weight excluding hydrogens is 375 g/mol. The van der Waals surface area contributed by atoms with Crippen LogP contribution in [0.3, 0.4) is 0 Å². The molecule has 0 spiro atoms. The van der Waals surface area contributed by atoms with E-state index in [1.165, 1.54) is 19.2 Å². The molecule has 0 amide bonds. The van der Waals surface area contributed by atoms with Crippen LogP contribution >= 0.6 is 0 Å². The van der Waals surface area contributed by atoms with E-state index in [1.807, 2.05) is 18.2 Å². The van der Waals surface area contributed by atoms with E-state index in [2.05, 4.69) is 15.6 Å². The van der Waals surface area contributed by atoms with Crippen LogP contribution in [0, 0.1) is 0 Å². The summed E-state index contributed by atoms with van der Waals surface area (Å²) in [5.74, 6) is 1.88. The maximum absolute atomic E-state index is 13.3. The van der Waals surface area contributed by atoms with Gasteiger partial charge < -0.3 is 24.8 Å². The van der Waals surface area contributed by atoms with Gasteiger partial charge in [0, 0.05) is 20.1 Å². The van der Waals surface area contributed by atoms with E-state index in [-0.39, 0.29) is 24.7 Å². The fourth-order valence-electron chi connectivity index (χ4n) is 2.74. The number of hydrogen-bond donors (Lipinski definition) is 2. The molecule has 6 nitrogen and oxygen atoms in total. The molecule has 0 aromatic heterocycles. The second-order valence-electron chi connectivity index (χ2n) is 5.99. The van der Waals surface area contributed by atoms with Gasteiger partial charge in [0.15, 0.2) is 17.5 Å². The van der Waals surface area contributed by atoms with Gasteiger partial charge in [0.1, 0.15) is 5.75 Å². The highest BCUT2D eigenvalue weighted by atomic mass is 19.4. The zero-order valence-electron chi connectivity index (χ0n) is 15.4. The summed E-state index contributed by atoms with van der Waals surface area (Å²) in [7, 11) is 2.88. The minimum Gasteiger partial charge on any atom is -0.497 e. The molecule has 2 N–H and O–H groups in total. The van der Waals surface area contributed by atoms with Crippen molar-refractivity contribution in [2.75, 3.05) is 21.0 Å². The first-order chi connectivity index (χ1) is 13.4. The Morgan fingerprint density at radius 2 is 1.82 bits per heavy atom. The van der Waals surface area contributed by atoms with Crippen molar-refractivity contribution in [3.63, 3.8) is 0 Å². The molecule has 0 atom stereocenters. The third kappa shape index (κ3) is 4.59. The average Bonchev–Trinajstić information content (AvgIpc) is 3.15. The van der Waals surface area contributed by atoms with Crippen LogP contribution in [0.2, 0.25) is 0 Å². The smallest absolute Gasteiger partial charge is 0.416 e. The fourth-order valence-corrected chi connectivity index (χ4v) is 2.74. The first-order valence-electron chi connectivity index (χ1n) is 8.48. The number of nitrogens with one attached hydrogen (secondary N) is 2. The summed E-state index contributed by atoms with van der Waals surface area (Å²) in [6, 6.07) is 9.39. The number of halogens is 3. The van der Waals surface area contributed by atoms with E-state index in [1.54, 1.807) is 7.05 Å². The highest BCUT2D eigenvalue weighted by Crippen LogP contribution is 2.34. The Morgan fingerprint density at radius 1 is 1.07 bits per heavy atom. The minimum absolute atomic E-state index is 0.0420. The number of benzene rings is 2. The van der Waals surface area contributed by atoms with Gasteiger partial charge in [-0.15, -0.1) is 0 Å². The van der Waals surface area contributed by atoms with Gasteiger partial charge in [0.25, 0.3) is 0 Å². The highest BCUT2D eigenvalue weighted by Gasteiger charge is 2.33. The number of guanidine groups is 1. The number of alkyl halides is 3. The van der Waals surface area contributed by atoms with Crippen LogP contribution in [0.1, 0.15) is 16.7 Å². The third-order valence-corrected chi connectivity index (χ3v) is 4.19. The van der Waals surface area contributed by atoms with Gasteiger partial charge in [0.2, 0.25) is 6.79 Å². The minimum atomic E-state index is -4.48. The topological polar surface area (TPSA) is 64.1 Å². The molecule has 1 aliphatic heterocycles. The van der Waals surface area contributed by atoms with Crippen LogP contribution in [-0.2, 0) is 19.3 Å². The molecule has 2 aromatic rings. The van der Waals surface area contributed by atoms with Gasteiger partial charge in [0.05, 0.1) is 12.7 Å². The summed E-state index contributed by atoms with van der Waals surface area (Å²) in [5.41, 5.74) is 0.275. The van der Waals surface area contributed by atoms with E-state index < -0.39 is 11.7 Å². The van der Waals surface area contributed by atoms with E-state index in [0.717, 1.165) is 11.6 Å². The van der Waals surface area contributed by atoms with Crippen molar-refractivity contribution in [1.29, 1.82) is 0 Å². The Bertz CT molecular complexity index is 869. The summed E-state index contributed by atoms with van der Waals surface area (Å²) in [5, 5.41) is 5.96. The number of rotatable bonds is 5. The van der Waals surface area contributed by atoms with Gasteiger partial charge in [-0.2, -0.15) is 13.2 Å². The van der Waals surface area contributed by atoms with Gasteiger partial charge in [-0.3, -0.25) is 4.99 Å². The number of aliphatic imine (C=N–C) groups is 1. The standard InChI is InChI=1S/C19H20F3N3O3/c1-23-18(24-9-12-3-6-16-17(7-12)28-11-27-16)25-10-13-4-5-14(26-2)8-15(13)19(20,21)22/h3-8H,9-11H2,1-2H3,(H2,23,24,25). The van der Waals surface area contributed by atoms with Gasteiger partial charge in [-0.25, -0.2) is 0 Å². The van der Waals surface area contributed by atoms with Crippen LogP contribution in [0.5, 0.6) is 17.2 Å². The quantitative estimate of drug-likeness (QED) is 0.601. The molecule has 150 valence electrons. The van der Waals surface area contributed by atoms with Crippen molar-refractivity contribution in [3.8, 4) is 17.2 Å². The second kappa shape index (κ2) is 8.28. The van der Waals surface area contributed by atoms with Crippen molar-refractivity contribution in [2.24, 2.45) is 4.99 Å². The van der Waals surface area contributed by atoms with E-state index in [0.29, 0.717) is 24.0 Å². The molecule has 0 radical (unpaired) electrons. The molecule has 9 heteroatoms. The zero-order chi connectivity index (χ0) is 20.1. The SMILES string of the molecule is CN=C(NCc1ccc2c(c1)OCO2)NCc1ccc(OC)cc1C(F)(F)F. The fraction of sp³-hybridized carbons (Fsp3) is 0.316. The summed E-state index contributed by atoms with van der Waals surface area (Å²) in [6.07, 6.45) is -4.48. The average molecular weight is 395 g/mol. The Labute approximate surface area is 160 Å². The molecule has 0 fully saturated rings. The zero-order valence-corrected chi connectivity index (χ0v) is 15.4. The molecule has 2 aromatic carbocycles. The molecule has 0 aliphatic carbocycles. The van der Waals surface area contributed by atoms with Crippen molar-refractivity contribution >= 4 is 5.96 Å². The lowest BCUT2D eigenvalue weighted by Gasteiger charge is -2.17. The van der Waals surface area contributed by atoms with Gasteiger partial charge >= 0.3 is 6.18 Å². The van der Waals surface area contributed by atoms with E-state index in [9.17, 15) is 13.2 Å². The molecule has 0 bridgehead atoms. The normalized spacial score (nSPS) is 13.4. The summed E-state index contributed by atoms with van der Waals surface area (Å²) in [6.45, 7) is 0.573. The van der Waals surface area contributed by atoms with Crippen molar-refractivity contribution in [3.05, 3.63) is 53.1 Å². The van der Waals surface area contributed by atoms with Crippen LogP contribution in [0.4, 0.5) is 13.2 Å². The highest BCUT2D eigenvalue weighted by molar-refractivity contribution is 5.79. The molecule has 1 aliphatic rings. The first kappa shape index (κ1) is 19.7. The summed E-state index contributed by atoms with van der Waals surface area (Å²) >= 11 is 0. The Morgan fingerprint density at radius 3 is 2.54 bits per heavy atom. The number of nitrogens with zero attached hydrogens (tertiary/aromatic N) is 1. The Balaban J connectivity index is 1.63. The van der Waals surface area contributed by atoms with Crippen LogP contribution in [0.25, 0.3) is 0 Å². The van der Waals surface area contributed by atoms with Crippen molar-refractivity contribution < 1.29 is 27.4 Å². The Kier molecular flexibility index (Phi) is 5.81. The van der Waals surface area contributed by atoms with Gasteiger partial charge in [-0.05, 0) is 35.4 Å². The van der Waals surface area contributed by atoms with Crippen molar-refractivity contribution in [1.82, 2.24) is 10.6 Å². The van der Waals surface area contributed by atoms with Crippen LogP contribution in [-0.4, -0.2) is 26.9 Å². The number of methoxy groups -OCH3 is 1.